The molecule has 3 unspecified atom stereocenters. The first-order valence-electron chi connectivity index (χ1n) is 8.33. The Morgan fingerprint density at radius 3 is 2.07 bits per heavy atom. The summed E-state index contributed by atoms with van der Waals surface area (Å²) in [6.45, 7) is 0. The fourth-order valence-corrected chi connectivity index (χ4v) is 2.40. The topological polar surface area (TPSA) is 179 Å². The molecule has 154 valence electrons. The highest BCUT2D eigenvalue weighted by Crippen LogP contribution is 2.12. The molecule has 0 heterocycles. The van der Waals surface area contributed by atoms with Crippen LogP contribution in [0.25, 0.3) is 0 Å². The van der Waals surface area contributed by atoms with Crippen molar-refractivity contribution < 1.29 is 34.5 Å². The standard InChI is InChI=1S/C17H23N3O7S/c18-11(8-28)15(24)20-13(7-9-1-3-10(21)4-2-9)16(25)19-12(17(26)27)5-6-14(22)23/h1-4,11-13,21,28H,5-8,18H2,(H,19,25)(H,20,24)(H,22,23)(H,26,27). The highest BCUT2D eigenvalue weighted by molar-refractivity contribution is 7.80. The largest absolute Gasteiger partial charge is 0.508 e. The fourth-order valence-electron chi connectivity index (χ4n) is 2.24. The number of thiol groups is 1. The number of carboxylic acids is 2. The Balaban J connectivity index is 2.95. The quantitative estimate of drug-likeness (QED) is 0.228. The van der Waals surface area contributed by atoms with Crippen LogP contribution in [0.1, 0.15) is 18.4 Å². The van der Waals surface area contributed by atoms with Gasteiger partial charge in [0, 0.05) is 18.6 Å². The van der Waals surface area contributed by atoms with E-state index in [9.17, 15) is 29.4 Å². The first-order chi connectivity index (χ1) is 13.1. The van der Waals surface area contributed by atoms with Gasteiger partial charge in [0.25, 0.3) is 0 Å². The van der Waals surface area contributed by atoms with Crippen LogP contribution >= 0.6 is 12.6 Å². The third-order valence-corrected chi connectivity index (χ3v) is 4.20. The Hall–Kier alpha value is -2.79. The number of rotatable bonds is 11. The Bertz CT molecular complexity index is 711. The van der Waals surface area contributed by atoms with Crippen molar-refractivity contribution in [1.29, 1.82) is 0 Å². The molecule has 0 fully saturated rings. The number of phenolic OH excluding ortho intramolecular Hbond substituents is 1. The first kappa shape index (κ1) is 23.2. The van der Waals surface area contributed by atoms with Crippen LogP contribution in [0.15, 0.2) is 24.3 Å². The highest BCUT2D eigenvalue weighted by atomic mass is 32.1. The van der Waals surface area contributed by atoms with E-state index in [1.807, 2.05) is 0 Å². The number of carbonyl (C=O) groups excluding carboxylic acids is 2. The predicted octanol–water partition coefficient (Wildman–Crippen LogP) is -0.889. The fraction of sp³-hybridized carbons (Fsp3) is 0.412. The second-order valence-corrected chi connectivity index (χ2v) is 6.42. The lowest BCUT2D eigenvalue weighted by atomic mass is 10.0. The second-order valence-electron chi connectivity index (χ2n) is 6.05. The Morgan fingerprint density at radius 1 is 1.00 bits per heavy atom. The van der Waals surface area contributed by atoms with Gasteiger partial charge in [0.05, 0.1) is 6.04 Å². The molecular weight excluding hydrogens is 390 g/mol. The molecule has 0 saturated carbocycles. The summed E-state index contributed by atoms with van der Waals surface area (Å²) < 4.78 is 0. The number of aromatic hydroxyl groups is 1. The van der Waals surface area contributed by atoms with E-state index >= 15 is 0 Å². The van der Waals surface area contributed by atoms with Crippen molar-refractivity contribution >= 4 is 36.4 Å². The zero-order valence-electron chi connectivity index (χ0n) is 14.9. The lowest BCUT2D eigenvalue weighted by Gasteiger charge is -2.22. The van der Waals surface area contributed by atoms with Gasteiger partial charge in [0.15, 0.2) is 0 Å². The molecule has 10 nitrogen and oxygen atoms in total. The summed E-state index contributed by atoms with van der Waals surface area (Å²) in [5.41, 5.74) is 6.19. The van der Waals surface area contributed by atoms with Crippen LogP contribution in [0.5, 0.6) is 5.75 Å². The molecule has 0 bridgehead atoms. The molecule has 1 aromatic carbocycles. The summed E-state index contributed by atoms with van der Waals surface area (Å²) in [6, 6.07) is 2.33. The van der Waals surface area contributed by atoms with Crippen molar-refractivity contribution in [2.24, 2.45) is 5.73 Å². The molecule has 0 saturated heterocycles. The number of aliphatic carboxylic acids is 2. The van der Waals surface area contributed by atoms with Gasteiger partial charge in [-0.15, -0.1) is 0 Å². The van der Waals surface area contributed by atoms with E-state index in [0.717, 1.165) is 0 Å². The van der Waals surface area contributed by atoms with Gasteiger partial charge in [-0.3, -0.25) is 14.4 Å². The van der Waals surface area contributed by atoms with Crippen LogP contribution in [0.2, 0.25) is 0 Å². The van der Waals surface area contributed by atoms with Gasteiger partial charge in [-0.1, -0.05) is 12.1 Å². The molecule has 7 N–H and O–H groups in total. The summed E-state index contributed by atoms with van der Waals surface area (Å²) >= 11 is 3.92. The van der Waals surface area contributed by atoms with Crippen molar-refractivity contribution in [3.63, 3.8) is 0 Å². The molecule has 2 amide bonds. The average Bonchev–Trinajstić information content (AvgIpc) is 2.64. The Kier molecular flexibility index (Phi) is 9.25. The third-order valence-electron chi connectivity index (χ3n) is 3.80. The normalized spacial score (nSPS) is 13.8. The molecule has 0 aromatic heterocycles. The Labute approximate surface area is 166 Å². The van der Waals surface area contributed by atoms with E-state index in [1.165, 1.54) is 12.1 Å². The van der Waals surface area contributed by atoms with Gasteiger partial charge >= 0.3 is 11.9 Å². The number of phenols is 1. The SMILES string of the molecule is NC(CS)C(=O)NC(Cc1ccc(O)cc1)C(=O)NC(CCC(=O)O)C(=O)O. The summed E-state index contributed by atoms with van der Waals surface area (Å²) in [4.78, 5) is 46.6. The summed E-state index contributed by atoms with van der Waals surface area (Å²) in [7, 11) is 0. The summed E-state index contributed by atoms with van der Waals surface area (Å²) in [5, 5.41) is 31.9. The van der Waals surface area contributed by atoms with Crippen LogP contribution < -0.4 is 16.4 Å². The minimum atomic E-state index is -1.43. The van der Waals surface area contributed by atoms with Crippen molar-refractivity contribution in [2.45, 2.75) is 37.4 Å². The van der Waals surface area contributed by atoms with E-state index < -0.39 is 48.3 Å². The van der Waals surface area contributed by atoms with Gasteiger partial charge in [0.2, 0.25) is 11.8 Å². The second kappa shape index (κ2) is 11.1. The van der Waals surface area contributed by atoms with Crippen LogP contribution in [0.3, 0.4) is 0 Å². The van der Waals surface area contributed by atoms with E-state index in [-0.39, 0.29) is 24.3 Å². The number of nitrogens with two attached hydrogens (primary N) is 1. The molecule has 1 rings (SSSR count). The van der Waals surface area contributed by atoms with E-state index in [0.29, 0.717) is 5.56 Å². The molecule has 0 aliphatic rings. The van der Waals surface area contributed by atoms with E-state index in [4.69, 9.17) is 10.8 Å². The summed E-state index contributed by atoms with van der Waals surface area (Å²) in [5.74, 6) is -3.98. The number of hydrogen-bond acceptors (Lipinski definition) is 7. The number of carboxylic acid groups (broad SMARTS) is 2. The van der Waals surface area contributed by atoms with Gasteiger partial charge in [-0.25, -0.2) is 4.79 Å². The lowest BCUT2D eigenvalue weighted by Crippen LogP contribution is -2.55. The zero-order valence-corrected chi connectivity index (χ0v) is 15.8. The molecule has 0 radical (unpaired) electrons. The molecule has 11 heteroatoms. The van der Waals surface area contributed by atoms with Crippen LogP contribution in [-0.4, -0.2) is 63.0 Å². The van der Waals surface area contributed by atoms with Crippen molar-refractivity contribution in [2.75, 3.05) is 5.75 Å². The maximum absolute atomic E-state index is 12.6. The molecule has 0 spiro atoms. The minimum absolute atomic E-state index is 0.00240. The minimum Gasteiger partial charge on any atom is -0.508 e. The molecule has 0 aliphatic carbocycles. The predicted molar refractivity (Wildman–Crippen MR) is 102 cm³/mol. The van der Waals surface area contributed by atoms with Gasteiger partial charge in [-0.05, 0) is 24.1 Å². The number of carbonyl (C=O) groups is 4. The smallest absolute Gasteiger partial charge is 0.326 e. The maximum Gasteiger partial charge on any atom is 0.326 e. The molecule has 0 aliphatic heterocycles. The van der Waals surface area contributed by atoms with Crippen molar-refractivity contribution in [3.05, 3.63) is 29.8 Å². The van der Waals surface area contributed by atoms with Crippen molar-refractivity contribution in [1.82, 2.24) is 10.6 Å². The third kappa shape index (κ3) is 7.84. The van der Waals surface area contributed by atoms with Crippen molar-refractivity contribution in [3.8, 4) is 5.75 Å². The number of hydrogen-bond donors (Lipinski definition) is 7. The zero-order chi connectivity index (χ0) is 21.3. The van der Waals surface area contributed by atoms with E-state index in [2.05, 4.69) is 23.3 Å². The summed E-state index contributed by atoms with van der Waals surface area (Å²) in [6.07, 6.45) is -0.758. The Morgan fingerprint density at radius 2 is 1.57 bits per heavy atom. The molecule has 28 heavy (non-hydrogen) atoms. The molecule has 1 aromatic rings. The van der Waals surface area contributed by atoms with Crippen LogP contribution in [-0.2, 0) is 25.6 Å². The number of benzene rings is 1. The maximum atomic E-state index is 12.6. The molecule has 3 atom stereocenters. The van der Waals surface area contributed by atoms with E-state index in [1.54, 1.807) is 12.1 Å². The highest BCUT2D eigenvalue weighted by Gasteiger charge is 2.28. The van der Waals surface area contributed by atoms with Crippen LogP contribution in [0, 0.1) is 0 Å². The monoisotopic (exact) mass is 413 g/mol. The van der Waals surface area contributed by atoms with Gasteiger partial charge in [-0.2, -0.15) is 12.6 Å². The van der Waals surface area contributed by atoms with Gasteiger partial charge in [0.1, 0.15) is 17.8 Å². The lowest BCUT2D eigenvalue weighted by molar-refractivity contribution is -0.143. The molecular formula is C17H23N3O7S. The average molecular weight is 413 g/mol. The number of nitrogens with one attached hydrogen (secondary N) is 2. The van der Waals surface area contributed by atoms with Crippen LogP contribution in [0.4, 0.5) is 0 Å². The van der Waals surface area contributed by atoms with Gasteiger partial charge < -0.3 is 31.7 Å². The first-order valence-corrected chi connectivity index (χ1v) is 8.97. The number of amides is 2.